The molecule has 1 fully saturated rings. The minimum absolute atomic E-state index is 0.0242. The Balaban J connectivity index is 2.32. The Kier molecular flexibility index (Phi) is 5.37. The van der Waals surface area contributed by atoms with E-state index in [4.69, 9.17) is 14.6 Å². The molecule has 1 aliphatic rings. The summed E-state index contributed by atoms with van der Waals surface area (Å²) in [6.07, 6.45) is -0.146. The average Bonchev–Trinajstić information content (AvgIpc) is 2.66. The summed E-state index contributed by atoms with van der Waals surface area (Å²) in [5, 5.41) is 11.5. The summed E-state index contributed by atoms with van der Waals surface area (Å²) >= 11 is 0. The van der Waals surface area contributed by atoms with Crippen molar-refractivity contribution in [1.29, 1.82) is 0 Å². The molecule has 0 aromatic heterocycles. The van der Waals surface area contributed by atoms with Crippen LogP contribution < -0.4 is 5.32 Å². The highest BCUT2D eigenvalue weighted by Crippen LogP contribution is 2.23. The van der Waals surface area contributed by atoms with Gasteiger partial charge >= 0.3 is 5.97 Å². The highest BCUT2D eigenvalue weighted by Gasteiger charge is 2.35. The van der Waals surface area contributed by atoms with Crippen molar-refractivity contribution in [3.63, 3.8) is 0 Å². The lowest BCUT2D eigenvalue weighted by Gasteiger charge is -2.16. The number of hydrogen-bond acceptors (Lipinski definition) is 5. The molecular formula is C11H19NO5. The molecule has 6 nitrogen and oxygen atoms in total. The van der Waals surface area contributed by atoms with E-state index in [-0.39, 0.29) is 31.5 Å². The van der Waals surface area contributed by atoms with Crippen molar-refractivity contribution in [3.05, 3.63) is 0 Å². The van der Waals surface area contributed by atoms with Crippen LogP contribution in [0.3, 0.4) is 0 Å². The topological polar surface area (TPSA) is 84.9 Å². The quantitative estimate of drug-likeness (QED) is 0.643. The molecule has 0 aliphatic carbocycles. The van der Waals surface area contributed by atoms with Crippen LogP contribution in [0.2, 0.25) is 0 Å². The second-order valence-corrected chi connectivity index (χ2v) is 4.10. The molecule has 17 heavy (non-hydrogen) atoms. The fraction of sp³-hybridized carbons (Fsp3) is 0.818. The summed E-state index contributed by atoms with van der Waals surface area (Å²) in [7, 11) is 1.52. The maximum absolute atomic E-state index is 11.4. The van der Waals surface area contributed by atoms with Crippen molar-refractivity contribution in [1.82, 2.24) is 5.32 Å². The van der Waals surface area contributed by atoms with Crippen molar-refractivity contribution in [3.8, 4) is 0 Å². The van der Waals surface area contributed by atoms with Gasteiger partial charge in [0.05, 0.1) is 19.1 Å². The van der Waals surface area contributed by atoms with Gasteiger partial charge in [0.25, 0.3) is 0 Å². The van der Waals surface area contributed by atoms with Gasteiger partial charge in [-0.1, -0.05) is 0 Å². The Morgan fingerprint density at radius 3 is 2.76 bits per heavy atom. The van der Waals surface area contributed by atoms with Crippen LogP contribution in [0.1, 0.15) is 26.2 Å². The Morgan fingerprint density at radius 1 is 1.47 bits per heavy atom. The first-order valence-electron chi connectivity index (χ1n) is 5.73. The zero-order chi connectivity index (χ0) is 12.8. The molecule has 0 aromatic carbocycles. The molecule has 3 atom stereocenters. The van der Waals surface area contributed by atoms with Crippen LogP contribution in [0.15, 0.2) is 0 Å². The zero-order valence-corrected chi connectivity index (χ0v) is 10.1. The number of rotatable bonds is 5. The van der Waals surface area contributed by atoms with Crippen molar-refractivity contribution < 1.29 is 24.2 Å². The maximum Gasteiger partial charge on any atom is 0.306 e. The van der Waals surface area contributed by atoms with Crippen LogP contribution in [0.4, 0.5) is 0 Å². The van der Waals surface area contributed by atoms with E-state index < -0.39 is 18.2 Å². The monoisotopic (exact) mass is 245 g/mol. The van der Waals surface area contributed by atoms with E-state index in [1.807, 2.05) is 6.92 Å². The summed E-state index contributed by atoms with van der Waals surface area (Å²) in [5.41, 5.74) is 0. The molecule has 1 unspecified atom stereocenters. The lowest BCUT2D eigenvalue weighted by Crippen LogP contribution is -2.30. The van der Waals surface area contributed by atoms with Gasteiger partial charge < -0.3 is 19.9 Å². The van der Waals surface area contributed by atoms with Gasteiger partial charge in [0, 0.05) is 19.9 Å². The molecule has 1 saturated heterocycles. The van der Waals surface area contributed by atoms with Gasteiger partial charge in [-0.2, -0.15) is 0 Å². The van der Waals surface area contributed by atoms with Gasteiger partial charge in [0.15, 0.2) is 0 Å². The third kappa shape index (κ3) is 4.32. The SMILES string of the molecule is CNC(=O)CCC(=O)OC1C[C@H](C)O[C@@H]1CO. The third-order valence-electron chi connectivity index (χ3n) is 2.68. The lowest BCUT2D eigenvalue weighted by atomic mass is 10.1. The van der Waals surface area contributed by atoms with Gasteiger partial charge in [0.2, 0.25) is 5.91 Å². The second-order valence-electron chi connectivity index (χ2n) is 4.10. The molecule has 6 heteroatoms. The van der Waals surface area contributed by atoms with E-state index in [2.05, 4.69) is 5.32 Å². The first-order valence-corrected chi connectivity index (χ1v) is 5.73. The molecule has 0 saturated carbocycles. The second kappa shape index (κ2) is 6.56. The molecule has 0 spiro atoms. The fourth-order valence-corrected chi connectivity index (χ4v) is 1.77. The van der Waals surface area contributed by atoms with E-state index in [1.54, 1.807) is 0 Å². The summed E-state index contributed by atoms with van der Waals surface area (Å²) in [4.78, 5) is 22.4. The number of carbonyl (C=O) groups is 2. The standard InChI is InChI=1S/C11H19NO5/c1-7-5-8(9(6-13)16-7)17-11(15)4-3-10(14)12-2/h7-9,13H,3-6H2,1-2H3,(H,12,14)/t7-,8?,9+/m0/s1. The van der Waals surface area contributed by atoms with Gasteiger partial charge in [-0.15, -0.1) is 0 Å². The Morgan fingerprint density at radius 2 is 2.18 bits per heavy atom. The molecule has 2 N–H and O–H groups in total. The molecular weight excluding hydrogens is 226 g/mol. The van der Waals surface area contributed by atoms with Crippen molar-refractivity contribution in [2.45, 2.75) is 44.5 Å². The normalized spacial score (nSPS) is 27.8. The minimum atomic E-state index is -0.450. The van der Waals surface area contributed by atoms with Gasteiger partial charge in [-0.25, -0.2) is 0 Å². The van der Waals surface area contributed by atoms with Gasteiger partial charge in [-0.3, -0.25) is 9.59 Å². The van der Waals surface area contributed by atoms with Crippen LogP contribution in [0, 0.1) is 0 Å². The van der Waals surface area contributed by atoms with Crippen LogP contribution >= 0.6 is 0 Å². The summed E-state index contributed by atoms with van der Waals surface area (Å²) in [6.45, 7) is 1.69. The predicted octanol–water partition coefficient (Wildman–Crippen LogP) is -0.406. The Bertz CT molecular complexity index is 281. The number of amides is 1. The van der Waals surface area contributed by atoms with Crippen molar-refractivity contribution >= 4 is 11.9 Å². The van der Waals surface area contributed by atoms with E-state index in [1.165, 1.54) is 7.05 Å². The molecule has 1 heterocycles. The smallest absolute Gasteiger partial charge is 0.306 e. The first-order chi connectivity index (χ1) is 8.06. The molecule has 1 aliphatic heterocycles. The Labute approximate surface area is 100 Å². The van der Waals surface area contributed by atoms with E-state index in [0.717, 1.165) is 0 Å². The van der Waals surface area contributed by atoms with E-state index >= 15 is 0 Å². The van der Waals surface area contributed by atoms with Crippen LogP contribution in [-0.4, -0.2) is 48.9 Å². The number of hydrogen-bond donors (Lipinski definition) is 2. The maximum atomic E-state index is 11.4. The number of aliphatic hydroxyl groups excluding tert-OH is 1. The number of nitrogens with one attached hydrogen (secondary N) is 1. The van der Waals surface area contributed by atoms with Gasteiger partial charge in [-0.05, 0) is 6.92 Å². The molecule has 1 rings (SSSR count). The summed E-state index contributed by atoms with van der Waals surface area (Å²) < 4.78 is 10.5. The first kappa shape index (κ1) is 13.9. The molecule has 0 radical (unpaired) electrons. The summed E-state index contributed by atoms with van der Waals surface area (Å²) in [5.74, 6) is -0.633. The van der Waals surface area contributed by atoms with E-state index in [0.29, 0.717) is 6.42 Å². The fourth-order valence-electron chi connectivity index (χ4n) is 1.77. The third-order valence-corrected chi connectivity index (χ3v) is 2.68. The Hall–Kier alpha value is -1.14. The molecule has 0 aromatic rings. The van der Waals surface area contributed by atoms with Gasteiger partial charge in [0.1, 0.15) is 12.2 Å². The number of aliphatic hydroxyl groups is 1. The number of ether oxygens (including phenoxy) is 2. The van der Waals surface area contributed by atoms with Crippen LogP contribution in [0.25, 0.3) is 0 Å². The predicted molar refractivity (Wildman–Crippen MR) is 59.2 cm³/mol. The van der Waals surface area contributed by atoms with Crippen LogP contribution in [0.5, 0.6) is 0 Å². The minimum Gasteiger partial charge on any atom is -0.459 e. The molecule has 98 valence electrons. The molecule has 1 amide bonds. The highest BCUT2D eigenvalue weighted by molar-refractivity contribution is 5.81. The van der Waals surface area contributed by atoms with Crippen LogP contribution in [-0.2, 0) is 19.1 Å². The van der Waals surface area contributed by atoms with E-state index in [9.17, 15) is 9.59 Å². The van der Waals surface area contributed by atoms with Crippen molar-refractivity contribution in [2.75, 3.05) is 13.7 Å². The molecule has 0 bridgehead atoms. The largest absolute Gasteiger partial charge is 0.459 e. The zero-order valence-electron chi connectivity index (χ0n) is 10.1. The highest BCUT2D eigenvalue weighted by atomic mass is 16.6. The van der Waals surface area contributed by atoms with Crippen molar-refractivity contribution in [2.24, 2.45) is 0 Å². The number of esters is 1. The average molecular weight is 245 g/mol. The summed E-state index contributed by atoms with van der Waals surface area (Å²) in [6, 6.07) is 0. The lowest BCUT2D eigenvalue weighted by molar-refractivity contribution is -0.153. The number of carbonyl (C=O) groups excluding carboxylic acids is 2.